The first-order chi connectivity index (χ1) is 12.3. The van der Waals surface area contributed by atoms with Crippen molar-refractivity contribution >= 4 is 11.5 Å². The van der Waals surface area contributed by atoms with Gasteiger partial charge in [-0.05, 0) is 16.7 Å². The first-order valence-corrected chi connectivity index (χ1v) is 8.55. The maximum absolute atomic E-state index is 12.8. The van der Waals surface area contributed by atoms with E-state index < -0.39 is 0 Å². The number of hydrogen-bond donors (Lipinski definition) is 0. The van der Waals surface area contributed by atoms with Gasteiger partial charge in [-0.25, -0.2) is 4.79 Å². The highest BCUT2D eigenvalue weighted by Crippen LogP contribution is 2.32. The number of epoxide rings is 2. The minimum absolute atomic E-state index is 0.0549. The van der Waals surface area contributed by atoms with Gasteiger partial charge in [-0.2, -0.15) is 0 Å². The Balaban J connectivity index is 1.75. The highest BCUT2D eigenvalue weighted by atomic mass is 16.6. The number of ether oxygens (including phenoxy) is 3. The summed E-state index contributed by atoms with van der Waals surface area (Å²) in [6.45, 7) is 1.67. The van der Waals surface area contributed by atoms with Crippen LogP contribution >= 0.6 is 0 Å². The van der Waals surface area contributed by atoms with E-state index in [1.807, 2.05) is 60.7 Å². The lowest BCUT2D eigenvalue weighted by Gasteiger charge is -2.15. The van der Waals surface area contributed by atoms with Crippen LogP contribution in [0.25, 0.3) is 5.57 Å². The second kappa shape index (κ2) is 7.21. The van der Waals surface area contributed by atoms with Gasteiger partial charge in [0.1, 0.15) is 12.7 Å². The van der Waals surface area contributed by atoms with Gasteiger partial charge < -0.3 is 14.2 Å². The third kappa shape index (κ3) is 4.16. The van der Waals surface area contributed by atoms with Crippen LogP contribution in [0.2, 0.25) is 0 Å². The third-order valence-electron chi connectivity index (χ3n) is 4.31. The van der Waals surface area contributed by atoms with Crippen LogP contribution in [0, 0.1) is 0 Å². The molecule has 4 heteroatoms. The molecule has 2 fully saturated rings. The summed E-state index contributed by atoms with van der Waals surface area (Å²) >= 11 is 0. The highest BCUT2D eigenvalue weighted by Gasteiger charge is 2.31. The van der Waals surface area contributed by atoms with Crippen LogP contribution in [0.5, 0.6) is 0 Å². The quantitative estimate of drug-likeness (QED) is 0.442. The predicted molar refractivity (Wildman–Crippen MR) is 94.0 cm³/mol. The zero-order valence-electron chi connectivity index (χ0n) is 13.9. The van der Waals surface area contributed by atoms with E-state index in [-0.39, 0.29) is 18.2 Å². The van der Waals surface area contributed by atoms with Gasteiger partial charge in [0.05, 0.1) is 19.3 Å². The van der Waals surface area contributed by atoms with Crippen LogP contribution in [-0.2, 0) is 19.0 Å². The second-order valence-electron chi connectivity index (χ2n) is 6.30. The minimum Gasteiger partial charge on any atom is -0.459 e. The summed E-state index contributed by atoms with van der Waals surface area (Å²) in [5.74, 6) is -0.284. The zero-order valence-corrected chi connectivity index (χ0v) is 13.9. The van der Waals surface area contributed by atoms with Crippen LogP contribution in [0.1, 0.15) is 17.5 Å². The number of esters is 1. The molecule has 2 aliphatic heterocycles. The lowest BCUT2D eigenvalue weighted by Crippen LogP contribution is -2.15. The predicted octanol–water partition coefficient (Wildman–Crippen LogP) is 3.22. The normalized spacial score (nSPS) is 20.6. The Labute approximate surface area is 147 Å². The Morgan fingerprint density at radius 2 is 1.40 bits per heavy atom. The molecular formula is C21H20O4. The van der Waals surface area contributed by atoms with Crippen LogP contribution in [0.15, 0.2) is 66.2 Å². The number of carbonyl (C=O) groups is 1. The standard InChI is InChI=1S/C21H20O4/c22-21(25-14-18-13-24-18)19(11-17-12-23-17)20(15-7-3-1-4-8-15)16-9-5-2-6-10-16/h1-10,17-18H,11-14H2. The average molecular weight is 336 g/mol. The van der Waals surface area contributed by atoms with E-state index in [9.17, 15) is 4.79 Å². The van der Waals surface area contributed by atoms with Crippen molar-refractivity contribution in [3.05, 3.63) is 77.4 Å². The Hall–Kier alpha value is -2.43. The van der Waals surface area contributed by atoms with E-state index in [2.05, 4.69) is 0 Å². The van der Waals surface area contributed by atoms with Gasteiger partial charge in [-0.3, -0.25) is 0 Å². The van der Waals surface area contributed by atoms with Crippen molar-refractivity contribution in [3.63, 3.8) is 0 Å². The van der Waals surface area contributed by atoms with Crippen LogP contribution in [0.4, 0.5) is 0 Å². The van der Waals surface area contributed by atoms with E-state index in [0.29, 0.717) is 31.8 Å². The van der Waals surface area contributed by atoms with Crippen molar-refractivity contribution in [3.8, 4) is 0 Å². The molecule has 0 bridgehead atoms. The topological polar surface area (TPSA) is 51.4 Å². The molecule has 0 amide bonds. The first kappa shape index (κ1) is 16.1. The first-order valence-electron chi connectivity index (χ1n) is 8.55. The molecule has 4 rings (SSSR count). The molecule has 25 heavy (non-hydrogen) atoms. The lowest BCUT2D eigenvalue weighted by molar-refractivity contribution is -0.139. The molecule has 0 N–H and O–H groups in total. The number of hydrogen-bond acceptors (Lipinski definition) is 4. The largest absolute Gasteiger partial charge is 0.459 e. The van der Waals surface area contributed by atoms with Gasteiger partial charge in [0, 0.05) is 12.0 Å². The van der Waals surface area contributed by atoms with Crippen LogP contribution in [-0.4, -0.2) is 38.0 Å². The minimum atomic E-state index is -0.284. The maximum Gasteiger partial charge on any atom is 0.334 e. The fourth-order valence-corrected chi connectivity index (χ4v) is 2.85. The van der Waals surface area contributed by atoms with Crippen molar-refractivity contribution < 1.29 is 19.0 Å². The summed E-state index contributed by atoms with van der Waals surface area (Å²) < 4.78 is 16.0. The lowest BCUT2D eigenvalue weighted by atomic mass is 9.91. The fourth-order valence-electron chi connectivity index (χ4n) is 2.85. The Morgan fingerprint density at radius 1 is 0.880 bits per heavy atom. The molecule has 4 nitrogen and oxygen atoms in total. The summed E-state index contributed by atoms with van der Waals surface area (Å²) in [4.78, 5) is 12.8. The van der Waals surface area contributed by atoms with Gasteiger partial charge in [0.2, 0.25) is 0 Å². The van der Waals surface area contributed by atoms with Crippen LogP contribution in [0.3, 0.4) is 0 Å². The molecule has 2 aromatic carbocycles. The molecule has 0 aliphatic carbocycles. The van der Waals surface area contributed by atoms with E-state index in [1.165, 1.54) is 0 Å². The summed E-state index contributed by atoms with van der Waals surface area (Å²) in [7, 11) is 0. The fraction of sp³-hybridized carbons (Fsp3) is 0.286. The van der Waals surface area contributed by atoms with E-state index in [0.717, 1.165) is 16.7 Å². The van der Waals surface area contributed by atoms with Crippen molar-refractivity contribution in [1.29, 1.82) is 0 Å². The molecule has 2 aliphatic rings. The molecule has 0 radical (unpaired) electrons. The number of benzene rings is 2. The second-order valence-corrected chi connectivity index (χ2v) is 6.30. The molecule has 0 saturated carbocycles. The molecular weight excluding hydrogens is 316 g/mol. The van der Waals surface area contributed by atoms with Gasteiger partial charge >= 0.3 is 5.97 Å². The average Bonchev–Trinajstić information content (AvgIpc) is 3.56. The summed E-state index contributed by atoms with van der Waals surface area (Å²) in [6, 6.07) is 19.9. The summed E-state index contributed by atoms with van der Waals surface area (Å²) in [5, 5.41) is 0. The monoisotopic (exact) mass is 336 g/mol. The zero-order chi connectivity index (χ0) is 17.1. The Bertz CT molecular complexity index is 717. The van der Waals surface area contributed by atoms with Crippen molar-refractivity contribution in [2.75, 3.05) is 19.8 Å². The maximum atomic E-state index is 12.8. The summed E-state index contributed by atoms with van der Waals surface area (Å²) in [6.07, 6.45) is 0.713. The molecule has 0 aromatic heterocycles. The summed E-state index contributed by atoms with van der Waals surface area (Å²) in [5.41, 5.74) is 3.59. The Kier molecular flexibility index (Phi) is 4.63. The molecule has 0 spiro atoms. The number of carbonyl (C=O) groups excluding carboxylic acids is 1. The van der Waals surface area contributed by atoms with E-state index in [1.54, 1.807) is 0 Å². The van der Waals surface area contributed by atoms with Gasteiger partial charge in [0.25, 0.3) is 0 Å². The Morgan fingerprint density at radius 3 is 1.88 bits per heavy atom. The molecule has 2 unspecified atom stereocenters. The third-order valence-corrected chi connectivity index (χ3v) is 4.31. The van der Waals surface area contributed by atoms with Crippen molar-refractivity contribution in [2.45, 2.75) is 18.6 Å². The van der Waals surface area contributed by atoms with Crippen molar-refractivity contribution in [1.82, 2.24) is 0 Å². The smallest absolute Gasteiger partial charge is 0.334 e. The molecule has 2 atom stereocenters. The highest BCUT2D eigenvalue weighted by molar-refractivity contribution is 6.02. The van der Waals surface area contributed by atoms with Gasteiger partial charge in [-0.15, -0.1) is 0 Å². The molecule has 2 aromatic rings. The SMILES string of the molecule is O=C(OCC1CO1)C(CC1CO1)=C(c1ccccc1)c1ccccc1. The van der Waals surface area contributed by atoms with E-state index >= 15 is 0 Å². The van der Waals surface area contributed by atoms with Gasteiger partial charge in [-0.1, -0.05) is 60.7 Å². The number of rotatable bonds is 7. The molecule has 2 heterocycles. The van der Waals surface area contributed by atoms with Crippen molar-refractivity contribution in [2.24, 2.45) is 0 Å². The van der Waals surface area contributed by atoms with E-state index in [4.69, 9.17) is 14.2 Å². The molecule has 2 saturated heterocycles. The van der Waals surface area contributed by atoms with Gasteiger partial charge in [0.15, 0.2) is 0 Å². The molecule has 128 valence electrons. The van der Waals surface area contributed by atoms with Crippen LogP contribution < -0.4 is 0 Å².